The van der Waals surface area contributed by atoms with E-state index in [1.54, 1.807) is 0 Å². The van der Waals surface area contributed by atoms with Gasteiger partial charge in [-0.1, -0.05) is 18.2 Å². The molecule has 2 aromatic carbocycles. The monoisotopic (exact) mass is 316 g/mol. The maximum absolute atomic E-state index is 7.28. The summed E-state index contributed by atoms with van der Waals surface area (Å²) in [4.78, 5) is 0. The summed E-state index contributed by atoms with van der Waals surface area (Å²) in [7, 11) is 0. The van der Waals surface area contributed by atoms with Gasteiger partial charge in [0.15, 0.2) is 0 Å². The summed E-state index contributed by atoms with van der Waals surface area (Å²) in [5.74, 6) is 0. The van der Waals surface area contributed by atoms with Crippen molar-refractivity contribution in [3.63, 3.8) is 0 Å². The summed E-state index contributed by atoms with van der Waals surface area (Å²) in [6.07, 6.45) is 0.693. The standard InChI is InChI=1S/C10H10IN2P/c12-9-3-1-8-6-10(14-11-13)4-2-7(8)5-9/h1-6,13-14H,12H2. The molecule has 0 heterocycles. The van der Waals surface area contributed by atoms with Crippen LogP contribution in [0.5, 0.6) is 0 Å². The zero-order valence-electron chi connectivity index (χ0n) is 7.42. The van der Waals surface area contributed by atoms with Gasteiger partial charge in [0.1, 0.15) is 0 Å². The molecule has 2 rings (SSSR count). The van der Waals surface area contributed by atoms with Crippen LogP contribution in [0.3, 0.4) is 0 Å². The lowest BCUT2D eigenvalue weighted by Gasteiger charge is -2.01. The Bertz CT molecular complexity index is 485. The highest BCUT2D eigenvalue weighted by molar-refractivity contribution is 14.2. The molecule has 4 heteroatoms. The van der Waals surface area contributed by atoms with E-state index in [0.717, 1.165) is 5.69 Å². The molecule has 3 N–H and O–H groups in total. The highest BCUT2D eigenvalue weighted by Crippen LogP contribution is 2.28. The van der Waals surface area contributed by atoms with E-state index in [1.165, 1.54) is 16.1 Å². The first-order chi connectivity index (χ1) is 6.79. The molecule has 0 saturated heterocycles. The van der Waals surface area contributed by atoms with E-state index in [4.69, 9.17) is 9.30 Å². The molecule has 14 heavy (non-hydrogen) atoms. The number of hydrogen-bond acceptors (Lipinski definition) is 2. The van der Waals surface area contributed by atoms with E-state index < -0.39 is 0 Å². The molecule has 0 aliphatic rings. The number of nitrogens with two attached hydrogens (primary N) is 1. The van der Waals surface area contributed by atoms with E-state index in [1.807, 2.05) is 18.2 Å². The minimum absolute atomic E-state index is 0.381. The molecular weight excluding hydrogens is 306 g/mol. The van der Waals surface area contributed by atoms with Crippen molar-refractivity contribution in [2.24, 2.45) is 0 Å². The third-order valence-electron chi connectivity index (χ3n) is 2.02. The lowest BCUT2D eigenvalue weighted by molar-refractivity contribution is 1.72. The molecule has 1 unspecified atom stereocenters. The van der Waals surface area contributed by atoms with Crippen molar-refractivity contribution in [1.29, 1.82) is 3.56 Å². The Balaban J connectivity index is 2.55. The van der Waals surface area contributed by atoms with Crippen molar-refractivity contribution < 1.29 is 0 Å². The average molecular weight is 316 g/mol. The first kappa shape index (κ1) is 9.99. The second-order valence-electron chi connectivity index (χ2n) is 3.01. The van der Waals surface area contributed by atoms with Crippen LogP contribution in [0.15, 0.2) is 36.4 Å². The zero-order chi connectivity index (χ0) is 9.97. The Morgan fingerprint density at radius 1 is 1.07 bits per heavy atom. The van der Waals surface area contributed by atoms with Crippen molar-refractivity contribution in [2.75, 3.05) is 5.73 Å². The molecule has 2 aromatic rings. The molecule has 0 fully saturated rings. The number of benzene rings is 2. The Kier molecular flexibility index (Phi) is 3.08. The summed E-state index contributed by atoms with van der Waals surface area (Å²) in [6, 6.07) is 12.3. The van der Waals surface area contributed by atoms with Crippen molar-refractivity contribution >= 4 is 48.5 Å². The predicted octanol–water partition coefficient (Wildman–Crippen LogP) is 3.37. The van der Waals surface area contributed by atoms with Crippen LogP contribution in [0.1, 0.15) is 0 Å². The molecule has 0 aliphatic carbocycles. The normalized spacial score (nSPS) is 11.4. The third kappa shape index (κ3) is 2.10. The lowest BCUT2D eigenvalue weighted by atomic mass is 10.1. The summed E-state index contributed by atoms with van der Waals surface area (Å²) < 4.78 is 7.28. The maximum atomic E-state index is 7.28. The molecular formula is C10H10IN2P. The van der Waals surface area contributed by atoms with Gasteiger partial charge in [-0.2, -0.15) is 0 Å². The number of hydrogen-bond donors (Lipinski definition) is 2. The Hall–Kier alpha value is -0.540. The molecule has 0 aliphatic heterocycles. The number of rotatable bonds is 2. The molecule has 2 nitrogen and oxygen atoms in total. The number of halogens is 1. The highest BCUT2D eigenvalue weighted by Gasteiger charge is 1.96. The quantitative estimate of drug-likeness (QED) is 0.498. The average Bonchev–Trinajstić information content (AvgIpc) is 2.19. The van der Waals surface area contributed by atoms with Gasteiger partial charge in [-0.25, -0.2) is 0 Å². The van der Waals surface area contributed by atoms with Crippen LogP contribution in [-0.2, 0) is 0 Å². The van der Waals surface area contributed by atoms with Crippen LogP contribution in [0.25, 0.3) is 10.8 Å². The maximum Gasteiger partial charge on any atom is 0.0320 e. The van der Waals surface area contributed by atoms with Crippen molar-refractivity contribution in [1.82, 2.24) is 0 Å². The summed E-state index contributed by atoms with van der Waals surface area (Å²) in [5.41, 5.74) is 6.50. The first-order valence-corrected chi connectivity index (χ1v) is 9.34. The van der Waals surface area contributed by atoms with E-state index in [-0.39, 0.29) is 20.5 Å². The fourth-order valence-corrected chi connectivity index (χ4v) is 3.78. The van der Waals surface area contributed by atoms with Gasteiger partial charge >= 0.3 is 0 Å². The Morgan fingerprint density at radius 3 is 2.57 bits per heavy atom. The van der Waals surface area contributed by atoms with Gasteiger partial charge in [-0.3, -0.25) is 3.56 Å². The van der Waals surface area contributed by atoms with Crippen LogP contribution in [0.4, 0.5) is 5.69 Å². The molecule has 0 aromatic heterocycles. The summed E-state index contributed by atoms with van der Waals surface area (Å²) in [6.45, 7) is 0. The molecule has 0 bridgehead atoms. The largest absolute Gasteiger partial charge is 0.399 e. The number of nitrogens with one attached hydrogen (secondary N) is 1. The van der Waals surface area contributed by atoms with Gasteiger partial charge in [-0.05, 0) is 40.5 Å². The van der Waals surface area contributed by atoms with Crippen LogP contribution in [0, 0.1) is 3.56 Å². The third-order valence-corrected chi connectivity index (χ3v) is 5.32. The van der Waals surface area contributed by atoms with Crippen LogP contribution in [0.2, 0.25) is 0 Å². The first-order valence-electron chi connectivity index (χ1n) is 4.14. The second-order valence-corrected chi connectivity index (χ2v) is 7.20. The topological polar surface area (TPSA) is 49.9 Å². The fraction of sp³-hybridized carbons (Fsp3) is 0. The van der Waals surface area contributed by atoms with Crippen LogP contribution >= 0.6 is 26.7 Å². The molecule has 72 valence electrons. The second kappa shape index (κ2) is 4.32. The van der Waals surface area contributed by atoms with E-state index >= 15 is 0 Å². The number of fused-ring (bicyclic) bond motifs is 1. The number of anilines is 1. The zero-order valence-corrected chi connectivity index (χ0v) is 10.6. The molecule has 0 amide bonds. The minimum atomic E-state index is -0.381. The molecule has 1 atom stereocenters. The Labute approximate surface area is 94.0 Å². The SMILES string of the molecule is N=IPc1ccc2cc(N)ccc2c1. The van der Waals surface area contributed by atoms with Gasteiger partial charge < -0.3 is 5.73 Å². The molecule has 0 saturated carbocycles. The van der Waals surface area contributed by atoms with Gasteiger partial charge in [0, 0.05) is 26.2 Å². The fourth-order valence-electron chi connectivity index (χ4n) is 1.38. The highest BCUT2D eigenvalue weighted by atomic mass is 127. The molecule has 0 spiro atoms. The van der Waals surface area contributed by atoms with Crippen LogP contribution in [-0.4, -0.2) is 0 Å². The Morgan fingerprint density at radius 2 is 1.79 bits per heavy atom. The lowest BCUT2D eigenvalue weighted by Crippen LogP contribution is -1.91. The van der Waals surface area contributed by atoms with E-state index in [2.05, 4.69) is 18.2 Å². The minimum Gasteiger partial charge on any atom is -0.399 e. The van der Waals surface area contributed by atoms with Gasteiger partial charge in [0.2, 0.25) is 0 Å². The van der Waals surface area contributed by atoms with Gasteiger partial charge in [0.25, 0.3) is 0 Å². The smallest absolute Gasteiger partial charge is 0.0320 e. The van der Waals surface area contributed by atoms with Gasteiger partial charge in [0.05, 0.1) is 0 Å². The van der Waals surface area contributed by atoms with Crippen LogP contribution < -0.4 is 11.0 Å². The van der Waals surface area contributed by atoms with E-state index in [9.17, 15) is 0 Å². The molecule has 0 radical (unpaired) electrons. The van der Waals surface area contributed by atoms with Gasteiger partial charge in [-0.15, -0.1) is 0 Å². The van der Waals surface area contributed by atoms with Crippen molar-refractivity contribution in [3.05, 3.63) is 36.4 Å². The predicted molar refractivity (Wildman–Crippen MR) is 73.0 cm³/mol. The van der Waals surface area contributed by atoms with Crippen molar-refractivity contribution in [3.8, 4) is 0 Å². The summed E-state index contributed by atoms with van der Waals surface area (Å²) >= 11 is -0.381. The number of nitrogen functional groups attached to an aromatic ring is 1. The summed E-state index contributed by atoms with van der Waals surface area (Å²) in [5, 5.41) is 3.70. The van der Waals surface area contributed by atoms with Crippen molar-refractivity contribution in [2.45, 2.75) is 0 Å². The van der Waals surface area contributed by atoms with E-state index in [0.29, 0.717) is 6.22 Å².